The van der Waals surface area contributed by atoms with Crippen LogP contribution < -0.4 is 0 Å². The molecular formula is C16H24INO2. The van der Waals surface area contributed by atoms with E-state index in [1.165, 1.54) is 0 Å². The molecule has 1 aliphatic heterocycles. The Morgan fingerprint density at radius 3 is 2.60 bits per heavy atom. The minimum absolute atomic E-state index is 0.00352. The number of nitrogens with zero attached hydrogens (tertiary/aromatic N) is 1. The summed E-state index contributed by atoms with van der Waals surface area (Å²) in [6.45, 7) is 13.0. The van der Waals surface area contributed by atoms with E-state index in [2.05, 4.69) is 48.0 Å². The second kappa shape index (κ2) is 6.98. The molecule has 1 atom stereocenters. The van der Waals surface area contributed by atoms with Gasteiger partial charge in [0.1, 0.15) is 0 Å². The smallest absolute Gasteiger partial charge is 0.152 e. The molecule has 0 bridgehead atoms. The zero-order chi connectivity index (χ0) is 15.5. The monoisotopic (exact) mass is 389 g/mol. The fraction of sp³-hybridized carbons (Fsp3) is 0.625. The van der Waals surface area contributed by atoms with Gasteiger partial charge in [-0.05, 0) is 52.3 Å². The molecule has 3 nitrogen and oxygen atoms in total. The van der Waals surface area contributed by atoms with Crippen molar-refractivity contribution < 1.29 is 9.90 Å². The van der Waals surface area contributed by atoms with Crippen LogP contribution in [0.4, 0.5) is 0 Å². The van der Waals surface area contributed by atoms with E-state index in [9.17, 15) is 9.90 Å². The second-order valence-electron chi connectivity index (χ2n) is 6.43. The number of hydrogen-bond acceptors (Lipinski definition) is 3. The van der Waals surface area contributed by atoms with Gasteiger partial charge in [-0.2, -0.15) is 0 Å². The average Bonchev–Trinajstić information content (AvgIpc) is 2.34. The summed E-state index contributed by atoms with van der Waals surface area (Å²) in [4.78, 5) is 16.1. The van der Waals surface area contributed by atoms with Crippen molar-refractivity contribution in [3.8, 4) is 0 Å². The number of rotatable bonds is 2. The van der Waals surface area contributed by atoms with Crippen LogP contribution in [0.3, 0.4) is 0 Å². The topological polar surface area (TPSA) is 49.7 Å². The van der Waals surface area contributed by atoms with Gasteiger partial charge in [0.25, 0.3) is 0 Å². The lowest BCUT2D eigenvalue weighted by Crippen LogP contribution is -2.26. The Balaban J connectivity index is 3.35. The van der Waals surface area contributed by atoms with Gasteiger partial charge in [0.2, 0.25) is 0 Å². The average molecular weight is 389 g/mol. The van der Waals surface area contributed by atoms with E-state index in [0.29, 0.717) is 24.1 Å². The minimum atomic E-state index is -0.613. The van der Waals surface area contributed by atoms with Gasteiger partial charge in [-0.3, -0.25) is 9.79 Å². The van der Waals surface area contributed by atoms with Crippen molar-refractivity contribution in [3.63, 3.8) is 0 Å². The standard InChI is InChI=1S/C16H24INO2/c1-10(2)15-12(9-19)14(17)11(3)13(20)8-16(4,5)6-7-18-15/h9-10,13,20H,3,6-8H2,1-2,4-5H3/b14-12+,18-15-/t13-/m0/s1. The maximum Gasteiger partial charge on any atom is 0.152 e. The molecule has 0 saturated carbocycles. The molecule has 0 aromatic heterocycles. The molecule has 4 heteroatoms. The highest BCUT2D eigenvalue weighted by atomic mass is 127. The number of carbonyl (C=O) groups is 1. The Hall–Kier alpha value is -0.490. The van der Waals surface area contributed by atoms with Gasteiger partial charge < -0.3 is 5.11 Å². The Kier molecular flexibility index (Phi) is 6.13. The largest absolute Gasteiger partial charge is 0.388 e. The highest BCUT2D eigenvalue weighted by Crippen LogP contribution is 2.34. The van der Waals surface area contributed by atoms with Gasteiger partial charge in [0, 0.05) is 21.4 Å². The van der Waals surface area contributed by atoms with E-state index in [1.54, 1.807) is 0 Å². The molecular weight excluding hydrogens is 365 g/mol. The van der Waals surface area contributed by atoms with E-state index in [0.717, 1.165) is 22.0 Å². The maximum absolute atomic E-state index is 11.5. The lowest BCUT2D eigenvalue weighted by molar-refractivity contribution is -0.104. The fourth-order valence-electron chi connectivity index (χ4n) is 2.35. The summed E-state index contributed by atoms with van der Waals surface area (Å²) in [6.07, 6.45) is 1.75. The third-order valence-corrected chi connectivity index (χ3v) is 4.95. The second-order valence-corrected chi connectivity index (χ2v) is 7.51. The first-order chi connectivity index (χ1) is 9.19. The number of aliphatic imine (C=N–C) groups is 1. The number of carbonyl (C=O) groups excluding carboxylic acids is 1. The van der Waals surface area contributed by atoms with Crippen molar-refractivity contribution in [2.24, 2.45) is 16.3 Å². The summed E-state index contributed by atoms with van der Waals surface area (Å²) < 4.78 is 0.732. The Morgan fingerprint density at radius 1 is 1.50 bits per heavy atom. The van der Waals surface area contributed by atoms with Crippen LogP contribution in [-0.2, 0) is 4.79 Å². The number of aliphatic hydroxyl groups excluding tert-OH is 1. The normalized spacial score (nSPS) is 30.9. The quantitative estimate of drug-likeness (QED) is 0.578. The van der Waals surface area contributed by atoms with Crippen LogP contribution in [0.2, 0.25) is 0 Å². The number of hydrogen-bond donors (Lipinski definition) is 1. The predicted octanol–water partition coefficient (Wildman–Crippen LogP) is 3.71. The molecule has 0 aromatic carbocycles. The lowest BCUT2D eigenvalue weighted by atomic mass is 9.81. The van der Waals surface area contributed by atoms with Gasteiger partial charge in [0.05, 0.1) is 6.10 Å². The van der Waals surface area contributed by atoms with Crippen LogP contribution in [0.15, 0.2) is 26.3 Å². The number of allylic oxidation sites excluding steroid dienone is 1. The Bertz CT molecular complexity index is 461. The van der Waals surface area contributed by atoms with Crippen LogP contribution in [0.25, 0.3) is 0 Å². The summed E-state index contributed by atoms with van der Waals surface area (Å²) in [5.41, 5.74) is 2.01. The first-order valence-corrected chi connectivity index (χ1v) is 8.04. The zero-order valence-corrected chi connectivity index (χ0v) is 14.9. The summed E-state index contributed by atoms with van der Waals surface area (Å²) in [7, 11) is 0. The zero-order valence-electron chi connectivity index (χ0n) is 12.7. The van der Waals surface area contributed by atoms with Crippen LogP contribution in [0.5, 0.6) is 0 Å². The number of halogens is 1. The minimum Gasteiger partial charge on any atom is -0.388 e. The van der Waals surface area contributed by atoms with Crippen LogP contribution >= 0.6 is 22.6 Å². The highest BCUT2D eigenvalue weighted by molar-refractivity contribution is 14.1. The number of aliphatic hydroxyl groups is 1. The molecule has 0 amide bonds. The molecule has 0 aromatic rings. The van der Waals surface area contributed by atoms with Crippen molar-refractivity contribution in [2.75, 3.05) is 6.54 Å². The molecule has 0 spiro atoms. The van der Waals surface area contributed by atoms with Crippen molar-refractivity contribution in [2.45, 2.75) is 46.6 Å². The Labute approximate surface area is 135 Å². The Morgan fingerprint density at radius 2 is 2.10 bits per heavy atom. The van der Waals surface area contributed by atoms with E-state index < -0.39 is 6.10 Å². The van der Waals surface area contributed by atoms with Crippen LogP contribution in [0, 0.1) is 11.3 Å². The van der Waals surface area contributed by atoms with E-state index in [4.69, 9.17) is 0 Å². The predicted molar refractivity (Wildman–Crippen MR) is 92.4 cm³/mol. The molecule has 0 radical (unpaired) electrons. The molecule has 20 heavy (non-hydrogen) atoms. The van der Waals surface area contributed by atoms with E-state index in [1.807, 2.05) is 13.8 Å². The molecule has 1 rings (SSSR count). The molecule has 112 valence electrons. The van der Waals surface area contributed by atoms with Crippen LogP contribution in [0.1, 0.15) is 40.5 Å². The molecule has 0 unspecified atom stereocenters. The summed E-state index contributed by atoms with van der Waals surface area (Å²) in [5, 5.41) is 10.3. The maximum atomic E-state index is 11.5. The SMILES string of the molecule is C=C1/C(I)=C(C=O)\C(C(C)C)=N/CCC(C)(C)C[C@@H]1O. The summed E-state index contributed by atoms with van der Waals surface area (Å²) in [6, 6.07) is 0. The van der Waals surface area contributed by atoms with Crippen molar-refractivity contribution >= 4 is 34.6 Å². The third-order valence-electron chi connectivity index (χ3n) is 3.68. The van der Waals surface area contributed by atoms with Gasteiger partial charge in [-0.25, -0.2) is 0 Å². The molecule has 1 aliphatic rings. The number of aldehydes is 1. The lowest BCUT2D eigenvalue weighted by Gasteiger charge is -2.29. The van der Waals surface area contributed by atoms with E-state index >= 15 is 0 Å². The summed E-state index contributed by atoms with van der Waals surface area (Å²) in [5.74, 6) is 0.174. The molecule has 0 saturated heterocycles. The first-order valence-electron chi connectivity index (χ1n) is 6.96. The van der Waals surface area contributed by atoms with Crippen molar-refractivity contribution in [1.82, 2.24) is 0 Å². The van der Waals surface area contributed by atoms with Gasteiger partial charge in [-0.15, -0.1) is 0 Å². The fourth-order valence-corrected chi connectivity index (χ4v) is 3.11. The molecule has 1 heterocycles. The van der Waals surface area contributed by atoms with Gasteiger partial charge in [0.15, 0.2) is 6.29 Å². The van der Waals surface area contributed by atoms with Crippen molar-refractivity contribution in [3.05, 3.63) is 21.3 Å². The van der Waals surface area contributed by atoms with Crippen LogP contribution in [-0.4, -0.2) is 29.8 Å². The third kappa shape index (κ3) is 4.25. The molecule has 1 N–H and O–H groups in total. The van der Waals surface area contributed by atoms with Gasteiger partial charge in [-0.1, -0.05) is 34.3 Å². The highest BCUT2D eigenvalue weighted by Gasteiger charge is 2.27. The molecule has 0 aliphatic carbocycles. The molecule has 0 fully saturated rings. The van der Waals surface area contributed by atoms with Crippen molar-refractivity contribution in [1.29, 1.82) is 0 Å². The van der Waals surface area contributed by atoms with E-state index in [-0.39, 0.29) is 11.3 Å². The first kappa shape index (κ1) is 17.6. The summed E-state index contributed by atoms with van der Waals surface area (Å²) >= 11 is 2.10. The van der Waals surface area contributed by atoms with Gasteiger partial charge >= 0.3 is 0 Å².